The number of hydrogen-bond acceptors (Lipinski definition) is 6. The van der Waals surface area contributed by atoms with E-state index in [2.05, 4.69) is 26.3 Å². The van der Waals surface area contributed by atoms with Crippen molar-refractivity contribution >= 4 is 40.6 Å². The second-order valence-corrected chi connectivity index (χ2v) is 10.3. The highest BCUT2D eigenvalue weighted by Gasteiger charge is 2.42. The molecule has 2 atom stereocenters. The van der Waals surface area contributed by atoms with Crippen molar-refractivity contribution < 1.29 is 24.2 Å². The fourth-order valence-electron chi connectivity index (χ4n) is 5.45. The van der Waals surface area contributed by atoms with E-state index in [4.69, 9.17) is 21.7 Å². The van der Waals surface area contributed by atoms with Gasteiger partial charge in [0, 0.05) is 36.1 Å². The number of methoxy groups -OCH3 is 2. The number of aromatic nitrogens is 2. The Kier molecular flexibility index (Phi) is 8.23. The molecule has 1 aliphatic rings. The van der Waals surface area contributed by atoms with Gasteiger partial charge in [-0.25, -0.2) is 4.79 Å². The fraction of sp³-hybridized carbons (Fsp3) is 0.226. The SMILES string of the molecule is COCC(=O)Nc1cc(N2C(=S)N[C@H](c3ccccn3)[C@H]2c2cc(C)n(-c3ccc(C(=O)O)cc3)c2C)ccc1OC. The van der Waals surface area contributed by atoms with Gasteiger partial charge in [-0.3, -0.25) is 9.78 Å². The summed E-state index contributed by atoms with van der Waals surface area (Å²) in [5, 5.41) is 16.2. The molecule has 1 fully saturated rings. The van der Waals surface area contributed by atoms with Crippen LogP contribution in [0, 0.1) is 13.8 Å². The number of pyridine rings is 1. The molecule has 2 aromatic carbocycles. The number of carbonyl (C=O) groups is 2. The van der Waals surface area contributed by atoms with Gasteiger partial charge in [-0.05, 0) is 92.3 Å². The second kappa shape index (κ2) is 12.0. The summed E-state index contributed by atoms with van der Waals surface area (Å²) in [6, 6.07) is 19.6. The number of carbonyl (C=O) groups excluding carboxylic acids is 1. The van der Waals surface area contributed by atoms with Crippen LogP contribution in [0.25, 0.3) is 5.69 Å². The molecule has 42 heavy (non-hydrogen) atoms. The molecule has 2 aromatic heterocycles. The lowest BCUT2D eigenvalue weighted by Gasteiger charge is -2.29. The zero-order chi connectivity index (χ0) is 30.0. The molecule has 0 spiro atoms. The van der Waals surface area contributed by atoms with Crippen LogP contribution < -0.4 is 20.3 Å². The number of hydrogen-bond donors (Lipinski definition) is 3. The van der Waals surface area contributed by atoms with E-state index in [1.54, 1.807) is 43.6 Å². The lowest BCUT2D eigenvalue weighted by atomic mass is 9.96. The van der Waals surface area contributed by atoms with Gasteiger partial charge in [0.15, 0.2) is 5.11 Å². The highest BCUT2D eigenvalue weighted by atomic mass is 32.1. The third kappa shape index (κ3) is 5.44. The van der Waals surface area contributed by atoms with Gasteiger partial charge in [0.05, 0.1) is 36.1 Å². The maximum atomic E-state index is 12.4. The van der Waals surface area contributed by atoms with Crippen LogP contribution >= 0.6 is 12.2 Å². The summed E-state index contributed by atoms with van der Waals surface area (Å²) in [4.78, 5) is 30.5. The maximum absolute atomic E-state index is 12.4. The highest BCUT2D eigenvalue weighted by molar-refractivity contribution is 7.80. The number of nitrogens with one attached hydrogen (secondary N) is 2. The normalized spacial score (nSPS) is 16.3. The number of nitrogens with zero attached hydrogens (tertiary/aromatic N) is 3. The van der Waals surface area contributed by atoms with Gasteiger partial charge >= 0.3 is 5.97 Å². The van der Waals surface area contributed by atoms with Crippen molar-refractivity contribution in [1.29, 1.82) is 0 Å². The summed E-state index contributed by atoms with van der Waals surface area (Å²) in [5.74, 6) is -0.780. The van der Waals surface area contributed by atoms with Crippen LogP contribution in [0.2, 0.25) is 0 Å². The Labute approximate surface area is 248 Å². The molecule has 1 amide bonds. The first-order valence-corrected chi connectivity index (χ1v) is 13.6. The van der Waals surface area contributed by atoms with E-state index >= 15 is 0 Å². The van der Waals surface area contributed by atoms with Crippen LogP contribution in [0.15, 0.2) is 72.9 Å². The third-order valence-electron chi connectivity index (χ3n) is 7.27. The van der Waals surface area contributed by atoms with Gasteiger partial charge in [-0.1, -0.05) is 6.07 Å². The van der Waals surface area contributed by atoms with Crippen molar-refractivity contribution in [3.8, 4) is 11.4 Å². The average Bonchev–Trinajstić information content (AvgIpc) is 3.48. The van der Waals surface area contributed by atoms with Gasteiger partial charge in [0.1, 0.15) is 12.4 Å². The molecule has 3 heterocycles. The van der Waals surface area contributed by atoms with E-state index in [-0.39, 0.29) is 30.2 Å². The Morgan fingerprint density at radius 1 is 1.05 bits per heavy atom. The molecule has 11 heteroatoms. The Balaban J connectivity index is 1.63. The largest absolute Gasteiger partial charge is 0.495 e. The molecule has 0 saturated carbocycles. The monoisotopic (exact) mass is 585 g/mol. The van der Waals surface area contributed by atoms with Gasteiger partial charge in [0.2, 0.25) is 5.91 Å². The van der Waals surface area contributed by atoms with Gasteiger partial charge in [0.25, 0.3) is 0 Å². The van der Waals surface area contributed by atoms with Crippen LogP contribution in [0.5, 0.6) is 5.75 Å². The van der Waals surface area contributed by atoms with Crippen molar-refractivity contribution in [2.45, 2.75) is 25.9 Å². The molecule has 0 radical (unpaired) electrons. The summed E-state index contributed by atoms with van der Waals surface area (Å²) in [5.41, 5.74) is 6.10. The second-order valence-electron chi connectivity index (χ2n) is 9.88. The summed E-state index contributed by atoms with van der Waals surface area (Å²) in [6.07, 6.45) is 1.75. The molecule has 4 aromatic rings. The van der Waals surface area contributed by atoms with Crippen molar-refractivity contribution in [1.82, 2.24) is 14.9 Å². The molecule has 5 rings (SSSR count). The molecule has 3 N–H and O–H groups in total. The number of aryl methyl sites for hydroxylation is 1. The van der Waals surface area contributed by atoms with Crippen LogP contribution in [0.3, 0.4) is 0 Å². The Morgan fingerprint density at radius 3 is 2.43 bits per heavy atom. The van der Waals surface area contributed by atoms with Crippen molar-refractivity contribution in [2.24, 2.45) is 0 Å². The van der Waals surface area contributed by atoms with E-state index in [9.17, 15) is 14.7 Å². The standard InChI is InChI=1S/C31H31N5O5S/c1-18-15-23(19(2)35(18)21-10-8-20(9-11-21)30(38)39)29-28(24-7-5-6-14-32-24)34-31(42)36(29)22-12-13-26(41-4)25(16-22)33-27(37)17-40-3/h5-16,28-29H,17H2,1-4H3,(H,33,37)(H,34,42)(H,38,39)/t28-,29-/m1/s1. The van der Waals surface area contributed by atoms with Gasteiger partial charge in [-0.15, -0.1) is 0 Å². The molecule has 0 aliphatic carbocycles. The minimum Gasteiger partial charge on any atom is -0.495 e. The van der Waals surface area contributed by atoms with Crippen LogP contribution in [0.1, 0.15) is 45.1 Å². The molecule has 0 bridgehead atoms. The summed E-state index contributed by atoms with van der Waals surface area (Å²) in [6.45, 7) is 3.95. The predicted molar refractivity (Wildman–Crippen MR) is 164 cm³/mol. The molecule has 1 saturated heterocycles. The first-order valence-electron chi connectivity index (χ1n) is 13.2. The number of thiocarbonyl (C=S) groups is 1. The van der Waals surface area contributed by atoms with Gasteiger partial charge < -0.3 is 34.7 Å². The Bertz CT molecular complexity index is 1640. The fourth-order valence-corrected chi connectivity index (χ4v) is 5.79. The smallest absolute Gasteiger partial charge is 0.335 e. The number of rotatable bonds is 9. The highest BCUT2D eigenvalue weighted by Crippen LogP contribution is 2.45. The van der Waals surface area contributed by atoms with Crippen LogP contribution in [-0.4, -0.2) is 52.5 Å². The number of ether oxygens (including phenoxy) is 2. The molecular weight excluding hydrogens is 554 g/mol. The van der Waals surface area contributed by atoms with Crippen molar-refractivity contribution in [2.75, 3.05) is 31.0 Å². The van der Waals surface area contributed by atoms with E-state index in [0.29, 0.717) is 16.5 Å². The van der Waals surface area contributed by atoms with Crippen molar-refractivity contribution in [3.05, 3.63) is 101 Å². The van der Waals surface area contributed by atoms with Crippen LogP contribution in [-0.2, 0) is 9.53 Å². The molecule has 10 nitrogen and oxygen atoms in total. The van der Waals surface area contributed by atoms with Crippen LogP contribution in [0.4, 0.5) is 11.4 Å². The topological polar surface area (TPSA) is 118 Å². The minimum absolute atomic E-state index is 0.0964. The van der Waals surface area contributed by atoms with Crippen molar-refractivity contribution in [3.63, 3.8) is 0 Å². The maximum Gasteiger partial charge on any atom is 0.335 e. The summed E-state index contributed by atoms with van der Waals surface area (Å²) in [7, 11) is 3.00. The van der Waals surface area contributed by atoms with E-state index in [1.807, 2.05) is 49.1 Å². The zero-order valence-electron chi connectivity index (χ0n) is 23.6. The number of carboxylic acid groups (broad SMARTS) is 1. The lowest BCUT2D eigenvalue weighted by Crippen LogP contribution is -2.29. The van der Waals surface area contributed by atoms with E-state index in [1.165, 1.54) is 7.11 Å². The molecular formula is C31H31N5O5S. The lowest BCUT2D eigenvalue weighted by molar-refractivity contribution is -0.119. The van der Waals surface area contributed by atoms with Gasteiger partial charge in [-0.2, -0.15) is 0 Å². The first kappa shape index (κ1) is 28.8. The number of benzene rings is 2. The van der Waals surface area contributed by atoms with E-state index in [0.717, 1.165) is 34.0 Å². The predicted octanol–water partition coefficient (Wildman–Crippen LogP) is 4.96. The Morgan fingerprint density at radius 2 is 1.79 bits per heavy atom. The summed E-state index contributed by atoms with van der Waals surface area (Å²) < 4.78 is 12.6. The first-order chi connectivity index (χ1) is 20.2. The number of aromatic carboxylic acids is 1. The minimum atomic E-state index is -0.972. The average molecular weight is 586 g/mol. The third-order valence-corrected chi connectivity index (χ3v) is 7.58. The number of amides is 1. The molecule has 0 unspecified atom stereocenters. The molecule has 1 aliphatic heterocycles. The quantitative estimate of drug-likeness (QED) is 0.234. The molecule has 216 valence electrons. The number of anilines is 2. The Hall–Kier alpha value is -4.74. The zero-order valence-corrected chi connectivity index (χ0v) is 24.4. The number of carboxylic acids is 1. The summed E-state index contributed by atoms with van der Waals surface area (Å²) >= 11 is 5.91. The van der Waals surface area contributed by atoms with E-state index < -0.39 is 5.97 Å².